The number of benzene rings is 1. The van der Waals surface area contributed by atoms with E-state index in [4.69, 9.17) is 4.74 Å². The molecule has 4 amide bonds. The average molecular weight is 570 g/mol. The molecule has 2 bridgehead atoms. The van der Waals surface area contributed by atoms with E-state index in [1.54, 1.807) is 33.4 Å². The standard InChI is InChI=1S/C29H43N7O5/c1-20(2)35-24-8-5-6-9-25(24)36(28(35)39)26(37)30-21-18-22-10-11-23(19-21)34(22)12-7-17-41-29(40)33-15-13-32(14-16-33)27(38)31(3)4/h5-6,8-9,20-23H,7,10-19H2,1-4H3,(H,30,37)/t21?,22-,23?/m0/s1. The zero-order chi connectivity index (χ0) is 29.3. The Labute approximate surface area is 240 Å². The van der Waals surface area contributed by atoms with E-state index in [1.165, 1.54) is 4.57 Å². The molecule has 3 aliphatic rings. The SMILES string of the molecule is CC(C)n1c(=O)n(C(=O)NC2CC3CC[C@@H](C2)N3CCCOC(=O)N2CCN(C(=O)N(C)C)CC2)c2ccccc21. The van der Waals surface area contributed by atoms with Gasteiger partial charge in [-0.3, -0.25) is 9.47 Å². The second-order valence-corrected chi connectivity index (χ2v) is 11.9. The molecule has 224 valence electrons. The number of carbonyl (C=O) groups excluding carboxylic acids is 3. The van der Waals surface area contributed by atoms with Crippen molar-refractivity contribution in [2.24, 2.45) is 0 Å². The number of nitrogens with zero attached hydrogens (tertiary/aromatic N) is 6. The third-order valence-electron chi connectivity index (χ3n) is 8.69. The summed E-state index contributed by atoms with van der Waals surface area (Å²) in [5.41, 5.74) is 1.08. The number of urea groups is 1. The van der Waals surface area contributed by atoms with Crippen LogP contribution in [0.15, 0.2) is 29.1 Å². The first-order valence-corrected chi connectivity index (χ1v) is 14.8. The second-order valence-electron chi connectivity index (χ2n) is 11.9. The maximum Gasteiger partial charge on any atom is 0.409 e. The number of aromatic nitrogens is 2. The number of fused-ring (bicyclic) bond motifs is 3. The molecule has 2 aromatic rings. The Kier molecular flexibility index (Phi) is 8.58. The molecule has 12 heteroatoms. The third-order valence-corrected chi connectivity index (χ3v) is 8.69. The lowest BCUT2D eigenvalue weighted by Gasteiger charge is -2.39. The predicted octanol–water partition coefficient (Wildman–Crippen LogP) is 2.76. The largest absolute Gasteiger partial charge is 0.449 e. The van der Waals surface area contributed by atoms with E-state index in [-0.39, 0.29) is 35.9 Å². The summed E-state index contributed by atoms with van der Waals surface area (Å²) < 4.78 is 8.49. The van der Waals surface area contributed by atoms with Crippen molar-refractivity contribution in [2.45, 2.75) is 70.1 Å². The van der Waals surface area contributed by atoms with E-state index in [9.17, 15) is 19.2 Å². The van der Waals surface area contributed by atoms with Crippen LogP contribution >= 0.6 is 0 Å². The van der Waals surface area contributed by atoms with Gasteiger partial charge >= 0.3 is 23.8 Å². The van der Waals surface area contributed by atoms with Gasteiger partial charge in [-0.1, -0.05) is 12.1 Å². The van der Waals surface area contributed by atoms with Gasteiger partial charge in [0.15, 0.2) is 0 Å². The summed E-state index contributed by atoms with van der Waals surface area (Å²) in [5, 5.41) is 3.16. The molecule has 5 rings (SSSR count). The first-order valence-electron chi connectivity index (χ1n) is 14.8. The molecule has 1 N–H and O–H groups in total. The molecule has 4 heterocycles. The van der Waals surface area contributed by atoms with Crippen LogP contribution in [0.25, 0.3) is 11.0 Å². The molecule has 0 radical (unpaired) electrons. The lowest BCUT2D eigenvalue weighted by molar-refractivity contribution is 0.0688. The van der Waals surface area contributed by atoms with Crippen LogP contribution in [0.5, 0.6) is 0 Å². The lowest BCUT2D eigenvalue weighted by Crippen LogP contribution is -2.53. The van der Waals surface area contributed by atoms with E-state index < -0.39 is 0 Å². The minimum Gasteiger partial charge on any atom is -0.449 e. The summed E-state index contributed by atoms with van der Waals surface area (Å²) in [6, 6.07) is 7.73. The summed E-state index contributed by atoms with van der Waals surface area (Å²) in [4.78, 5) is 58.6. The number of carbonyl (C=O) groups is 3. The van der Waals surface area contributed by atoms with Gasteiger partial charge in [-0.15, -0.1) is 0 Å². The molecule has 0 aliphatic carbocycles. The number of imidazole rings is 1. The Hall–Kier alpha value is -3.54. The highest BCUT2D eigenvalue weighted by Gasteiger charge is 2.41. The highest BCUT2D eigenvalue weighted by molar-refractivity contribution is 5.89. The lowest BCUT2D eigenvalue weighted by atomic mass is 9.97. The van der Waals surface area contributed by atoms with Gasteiger partial charge in [-0.25, -0.2) is 23.7 Å². The molecule has 3 fully saturated rings. The smallest absolute Gasteiger partial charge is 0.409 e. The van der Waals surface area contributed by atoms with Gasteiger partial charge in [0.2, 0.25) is 0 Å². The highest BCUT2D eigenvalue weighted by Crippen LogP contribution is 2.36. The topological polar surface area (TPSA) is 112 Å². The number of piperazine rings is 1. The van der Waals surface area contributed by atoms with Crippen molar-refractivity contribution in [3.63, 3.8) is 0 Å². The molecule has 41 heavy (non-hydrogen) atoms. The van der Waals surface area contributed by atoms with Crippen LogP contribution in [0.4, 0.5) is 14.4 Å². The van der Waals surface area contributed by atoms with Crippen LogP contribution in [0.1, 0.15) is 52.0 Å². The third kappa shape index (κ3) is 5.93. The minimum atomic E-state index is -0.359. The van der Waals surface area contributed by atoms with Crippen LogP contribution in [0.2, 0.25) is 0 Å². The zero-order valence-electron chi connectivity index (χ0n) is 24.6. The highest BCUT2D eigenvalue weighted by atomic mass is 16.6. The number of hydrogen-bond acceptors (Lipinski definition) is 6. The van der Waals surface area contributed by atoms with Crippen LogP contribution in [0.3, 0.4) is 0 Å². The Morgan fingerprint density at radius 2 is 1.59 bits per heavy atom. The first-order chi connectivity index (χ1) is 19.7. The normalized spacial score (nSPS) is 22.8. The monoisotopic (exact) mass is 569 g/mol. The van der Waals surface area contributed by atoms with E-state index in [0.29, 0.717) is 50.4 Å². The van der Waals surface area contributed by atoms with Crippen LogP contribution in [-0.2, 0) is 4.74 Å². The molecule has 0 spiro atoms. The molecule has 12 nitrogen and oxygen atoms in total. The second kappa shape index (κ2) is 12.1. The number of nitrogens with one attached hydrogen (secondary N) is 1. The minimum absolute atomic E-state index is 0.0141. The van der Waals surface area contributed by atoms with Gasteiger partial charge in [0.25, 0.3) is 0 Å². The fourth-order valence-electron chi connectivity index (χ4n) is 6.72. The summed E-state index contributed by atoms with van der Waals surface area (Å²) >= 11 is 0. The van der Waals surface area contributed by atoms with Gasteiger partial charge in [0.1, 0.15) is 0 Å². The Bertz CT molecular complexity index is 1310. The van der Waals surface area contributed by atoms with Crippen molar-refractivity contribution in [3.05, 3.63) is 34.7 Å². The molecule has 1 aromatic heterocycles. The molecule has 3 atom stereocenters. The zero-order valence-corrected chi connectivity index (χ0v) is 24.6. The summed E-state index contributed by atoms with van der Waals surface area (Å²) in [5.74, 6) is 0. The summed E-state index contributed by atoms with van der Waals surface area (Å²) in [6.07, 6.45) is 4.28. The molecule has 0 saturated carbocycles. The maximum absolute atomic E-state index is 13.3. The summed E-state index contributed by atoms with van der Waals surface area (Å²) in [6.45, 7) is 7.06. The Balaban J connectivity index is 1.08. The Morgan fingerprint density at radius 3 is 2.20 bits per heavy atom. The van der Waals surface area contributed by atoms with Crippen molar-refractivity contribution in [1.82, 2.24) is 34.1 Å². The van der Waals surface area contributed by atoms with Crippen molar-refractivity contribution < 1.29 is 19.1 Å². The molecule has 3 aliphatic heterocycles. The average Bonchev–Trinajstić information content (AvgIpc) is 3.38. The van der Waals surface area contributed by atoms with Gasteiger partial charge in [-0.05, 0) is 58.1 Å². The fraction of sp³-hybridized carbons (Fsp3) is 0.655. The molecule has 2 unspecified atom stereocenters. The van der Waals surface area contributed by atoms with E-state index in [0.717, 1.165) is 44.2 Å². The summed E-state index contributed by atoms with van der Waals surface area (Å²) in [7, 11) is 3.45. The Morgan fingerprint density at radius 1 is 0.976 bits per heavy atom. The van der Waals surface area contributed by atoms with Gasteiger partial charge in [-0.2, -0.15) is 0 Å². The molecular weight excluding hydrogens is 526 g/mol. The van der Waals surface area contributed by atoms with Crippen molar-refractivity contribution in [2.75, 3.05) is 53.4 Å². The van der Waals surface area contributed by atoms with E-state index >= 15 is 0 Å². The van der Waals surface area contributed by atoms with Crippen molar-refractivity contribution in [1.29, 1.82) is 0 Å². The predicted molar refractivity (Wildman–Crippen MR) is 155 cm³/mol. The van der Waals surface area contributed by atoms with E-state index in [1.807, 2.05) is 38.1 Å². The number of ether oxygens (including phenoxy) is 1. The first kappa shape index (κ1) is 29.0. The van der Waals surface area contributed by atoms with Gasteiger partial charge in [0, 0.05) is 71.0 Å². The number of piperidine rings is 1. The maximum atomic E-state index is 13.3. The molecule has 3 saturated heterocycles. The number of rotatable bonds is 6. The fourth-order valence-corrected chi connectivity index (χ4v) is 6.72. The van der Waals surface area contributed by atoms with Gasteiger partial charge < -0.3 is 24.8 Å². The van der Waals surface area contributed by atoms with Crippen LogP contribution in [-0.4, -0.2) is 118 Å². The number of hydrogen-bond donors (Lipinski definition) is 1. The van der Waals surface area contributed by atoms with Crippen LogP contribution in [0, 0.1) is 0 Å². The van der Waals surface area contributed by atoms with E-state index in [2.05, 4.69) is 10.2 Å². The quantitative estimate of drug-likeness (QED) is 0.536. The molecule has 1 aromatic carbocycles. The molecular formula is C29H43N7O5. The van der Waals surface area contributed by atoms with Crippen molar-refractivity contribution in [3.8, 4) is 0 Å². The number of amides is 4. The van der Waals surface area contributed by atoms with Crippen LogP contribution < -0.4 is 11.0 Å². The number of para-hydroxylation sites is 2. The van der Waals surface area contributed by atoms with Gasteiger partial charge in [0.05, 0.1) is 17.6 Å². The van der Waals surface area contributed by atoms with Crippen molar-refractivity contribution >= 4 is 29.2 Å².